The second-order valence-corrected chi connectivity index (χ2v) is 5.73. The van der Waals surface area contributed by atoms with Gasteiger partial charge in [-0.3, -0.25) is 9.69 Å². The van der Waals surface area contributed by atoms with Crippen LogP contribution in [0.3, 0.4) is 0 Å². The second kappa shape index (κ2) is 6.65. The Labute approximate surface area is 136 Å². The van der Waals surface area contributed by atoms with Crippen molar-refractivity contribution in [2.45, 2.75) is 32.5 Å². The molecule has 2 aromatic rings. The molecule has 1 unspecified atom stereocenters. The molecule has 1 heterocycles. The van der Waals surface area contributed by atoms with Crippen LogP contribution in [0.2, 0.25) is 0 Å². The fourth-order valence-electron chi connectivity index (χ4n) is 2.96. The Morgan fingerprint density at radius 2 is 1.35 bits per heavy atom. The van der Waals surface area contributed by atoms with E-state index in [1.165, 1.54) is 4.90 Å². The maximum absolute atomic E-state index is 12.7. The van der Waals surface area contributed by atoms with Crippen molar-refractivity contribution in [1.29, 1.82) is 0 Å². The van der Waals surface area contributed by atoms with Crippen LogP contribution in [-0.4, -0.2) is 27.8 Å². The third kappa shape index (κ3) is 3.11. The van der Waals surface area contributed by atoms with Gasteiger partial charge >= 0.3 is 6.03 Å². The van der Waals surface area contributed by atoms with Gasteiger partial charge < -0.3 is 4.90 Å². The number of carbonyl (C=O) groups is 2. The van der Waals surface area contributed by atoms with E-state index in [0.29, 0.717) is 19.5 Å². The first-order chi connectivity index (χ1) is 11.2. The SMILES string of the molecule is CCC1C(=O)N(Cc2ccccc2)C(=O)N1Cc1ccccc1. The first-order valence-electron chi connectivity index (χ1n) is 7.90. The standard InChI is InChI=1S/C19H20N2O2/c1-2-17-18(22)21(14-16-11-7-4-8-12-16)19(23)20(17)13-15-9-5-3-6-10-15/h3-12,17H,2,13-14H2,1H3. The maximum Gasteiger partial charge on any atom is 0.328 e. The van der Waals surface area contributed by atoms with Gasteiger partial charge in [-0.05, 0) is 17.5 Å². The van der Waals surface area contributed by atoms with Gasteiger partial charge in [0.2, 0.25) is 0 Å². The van der Waals surface area contributed by atoms with Gasteiger partial charge in [-0.25, -0.2) is 4.79 Å². The van der Waals surface area contributed by atoms with E-state index >= 15 is 0 Å². The Bertz CT molecular complexity index is 685. The molecule has 3 amide bonds. The van der Waals surface area contributed by atoms with Crippen molar-refractivity contribution in [2.24, 2.45) is 0 Å². The fourth-order valence-corrected chi connectivity index (χ4v) is 2.96. The predicted molar refractivity (Wildman–Crippen MR) is 88.5 cm³/mol. The summed E-state index contributed by atoms with van der Waals surface area (Å²) < 4.78 is 0. The Balaban J connectivity index is 1.81. The van der Waals surface area contributed by atoms with Gasteiger partial charge in [-0.1, -0.05) is 67.6 Å². The molecule has 0 saturated carbocycles. The van der Waals surface area contributed by atoms with Crippen molar-refractivity contribution < 1.29 is 9.59 Å². The summed E-state index contributed by atoms with van der Waals surface area (Å²) in [6.45, 7) is 2.75. The van der Waals surface area contributed by atoms with E-state index in [4.69, 9.17) is 0 Å². The number of urea groups is 1. The summed E-state index contributed by atoms with van der Waals surface area (Å²) >= 11 is 0. The molecule has 0 bridgehead atoms. The van der Waals surface area contributed by atoms with Crippen LogP contribution >= 0.6 is 0 Å². The highest BCUT2D eigenvalue weighted by Gasteiger charge is 2.43. The quantitative estimate of drug-likeness (QED) is 0.794. The van der Waals surface area contributed by atoms with E-state index in [-0.39, 0.29) is 18.0 Å². The topological polar surface area (TPSA) is 40.6 Å². The number of amides is 3. The van der Waals surface area contributed by atoms with Crippen LogP contribution in [0.5, 0.6) is 0 Å². The lowest BCUT2D eigenvalue weighted by Crippen LogP contribution is -2.34. The molecule has 3 rings (SSSR count). The lowest BCUT2D eigenvalue weighted by atomic mass is 10.1. The van der Waals surface area contributed by atoms with Gasteiger partial charge in [0.05, 0.1) is 6.54 Å². The first-order valence-corrected chi connectivity index (χ1v) is 7.90. The highest BCUT2D eigenvalue weighted by atomic mass is 16.2. The van der Waals surface area contributed by atoms with E-state index in [1.54, 1.807) is 4.90 Å². The second-order valence-electron chi connectivity index (χ2n) is 5.73. The minimum atomic E-state index is -0.369. The number of hydrogen-bond acceptors (Lipinski definition) is 2. The number of hydrogen-bond donors (Lipinski definition) is 0. The van der Waals surface area contributed by atoms with Crippen LogP contribution in [0.15, 0.2) is 60.7 Å². The molecule has 4 nitrogen and oxygen atoms in total. The summed E-state index contributed by atoms with van der Waals surface area (Å²) in [6, 6.07) is 18.8. The zero-order chi connectivity index (χ0) is 16.2. The minimum absolute atomic E-state index is 0.0997. The van der Waals surface area contributed by atoms with E-state index < -0.39 is 0 Å². The van der Waals surface area contributed by atoms with Crippen molar-refractivity contribution in [3.05, 3.63) is 71.8 Å². The Morgan fingerprint density at radius 3 is 1.87 bits per heavy atom. The normalized spacial score (nSPS) is 17.9. The third-order valence-corrected chi connectivity index (χ3v) is 4.17. The smallest absolute Gasteiger partial charge is 0.308 e. The Morgan fingerprint density at radius 1 is 0.826 bits per heavy atom. The van der Waals surface area contributed by atoms with E-state index in [0.717, 1.165) is 11.1 Å². The molecule has 0 spiro atoms. The third-order valence-electron chi connectivity index (χ3n) is 4.17. The number of carbonyl (C=O) groups excluding carboxylic acids is 2. The molecule has 1 aliphatic heterocycles. The van der Waals surface area contributed by atoms with Gasteiger partial charge in [0.1, 0.15) is 6.04 Å². The minimum Gasteiger partial charge on any atom is -0.308 e. The van der Waals surface area contributed by atoms with Gasteiger partial charge in [0, 0.05) is 6.54 Å². The van der Waals surface area contributed by atoms with E-state index in [2.05, 4.69) is 0 Å². The van der Waals surface area contributed by atoms with Crippen molar-refractivity contribution >= 4 is 11.9 Å². The van der Waals surface area contributed by atoms with E-state index in [9.17, 15) is 9.59 Å². The Kier molecular flexibility index (Phi) is 4.42. The first kappa shape index (κ1) is 15.3. The summed E-state index contributed by atoms with van der Waals surface area (Å²) in [5.41, 5.74) is 2.00. The molecule has 0 aliphatic carbocycles. The molecule has 2 aromatic carbocycles. The number of nitrogens with zero attached hydrogens (tertiary/aromatic N) is 2. The summed E-state index contributed by atoms with van der Waals surface area (Å²) in [5.74, 6) is -0.0997. The molecule has 0 aromatic heterocycles. The Hall–Kier alpha value is -2.62. The van der Waals surface area contributed by atoms with Crippen LogP contribution in [0.1, 0.15) is 24.5 Å². The maximum atomic E-state index is 12.7. The molecule has 4 heteroatoms. The molecule has 0 N–H and O–H groups in total. The van der Waals surface area contributed by atoms with E-state index in [1.807, 2.05) is 67.6 Å². The summed E-state index contributed by atoms with van der Waals surface area (Å²) in [6.07, 6.45) is 0.628. The molecule has 1 aliphatic rings. The van der Waals surface area contributed by atoms with Crippen LogP contribution in [0.25, 0.3) is 0 Å². The van der Waals surface area contributed by atoms with Gasteiger partial charge in [0.25, 0.3) is 5.91 Å². The lowest BCUT2D eigenvalue weighted by molar-refractivity contribution is -0.128. The van der Waals surface area contributed by atoms with Gasteiger partial charge in [-0.15, -0.1) is 0 Å². The van der Waals surface area contributed by atoms with Gasteiger partial charge in [0.15, 0.2) is 0 Å². The molecule has 1 saturated heterocycles. The summed E-state index contributed by atoms with van der Waals surface area (Å²) in [7, 11) is 0. The molecule has 118 valence electrons. The van der Waals surface area contributed by atoms with Crippen LogP contribution < -0.4 is 0 Å². The van der Waals surface area contributed by atoms with Gasteiger partial charge in [-0.2, -0.15) is 0 Å². The zero-order valence-electron chi connectivity index (χ0n) is 13.2. The van der Waals surface area contributed by atoms with Crippen LogP contribution in [-0.2, 0) is 17.9 Å². The molecular formula is C19H20N2O2. The van der Waals surface area contributed by atoms with Crippen molar-refractivity contribution in [1.82, 2.24) is 9.80 Å². The number of imide groups is 1. The average Bonchev–Trinajstić information content (AvgIpc) is 2.81. The molecular weight excluding hydrogens is 288 g/mol. The fraction of sp³-hybridized carbons (Fsp3) is 0.263. The lowest BCUT2D eigenvalue weighted by Gasteiger charge is -2.20. The van der Waals surface area contributed by atoms with Crippen molar-refractivity contribution in [3.8, 4) is 0 Å². The number of benzene rings is 2. The monoisotopic (exact) mass is 308 g/mol. The van der Waals surface area contributed by atoms with Crippen molar-refractivity contribution in [2.75, 3.05) is 0 Å². The van der Waals surface area contributed by atoms with Crippen LogP contribution in [0.4, 0.5) is 4.79 Å². The molecule has 23 heavy (non-hydrogen) atoms. The molecule has 1 fully saturated rings. The summed E-state index contributed by atoms with van der Waals surface area (Å²) in [4.78, 5) is 28.4. The molecule has 0 radical (unpaired) electrons. The molecule has 1 atom stereocenters. The highest BCUT2D eigenvalue weighted by Crippen LogP contribution is 2.24. The highest BCUT2D eigenvalue weighted by molar-refractivity contribution is 6.04. The average molecular weight is 308 g/mol. The largest absolute Gasteiger partial charge is 0.328 e. The number of rotatable bonds is 5. The predicted octanol–water partition coefficient (Wildman–Crippen LogP) is 3.43. The van der Waals surface area contributed by atoms with Crippen molar-refractivity contribution in [3.63, 3.8) is 0 Å². The summed E-state index contributed by atoms with van der Waals surface area (Å²) in [5, 5.41) is 0. The van der Waals surface area contributed by atoms with Crippen LogP contribution in [0, 0.1) is 0 Å². The zero-order valence-corrected chi connectivity index (χ0v) is 13.2.